The first-order chi connectivity index (χ1) is 9.99. The molecule has 2 rings (SSSR count). The number of aliphatic carboxylic acids is 1. The highest BCUT2D eigenvalue weighted by atomic mass is 16.4. The summed E-state index contributed by atoms with van der Waals surface area (Å²) in [5.74, 6) is -1.51. The van der Waals surface area contributed by atoms with Crippen LogP contribution in [0.3, 0.4) is 0 Å². The van der Waals surface area contributed by atoms with Crippen molar-refractivity contribution < 1.29 is 19.8 Å². The average Bonchev–Trinajstić information content (AvgIpc) is 2.87. The van der Waals surface area contributed by atoms with Crippen LogP contribution < -0.4 is 5.73 Å². The highest BCUT2D eigenvalue weighted by Crippen LogP contribution is 2.19. The molecule has 21 heavy (non-hydrogen) atoms. The largest absolute Gasteiger partial charge is 0.480 e. The van der Waals surface area contributed by atoms with Crippen molar-refractivity contribution in [1.29, 1.82) is 0 Å². The number of nitrogens with zero attached hydrogens (tertiary/aromatic N) is 1. The Morgan fingerprint density at radius 2 is 2.00 bits per heavy atom. The number of benzene rings is 1. The van der Waals surface area contributed by atoms with Gasteiger partial charge in [-0.2, -0.15) is 0 Å². The Hall–Kier alpha value is -1.92. The van der Waals surface area contributed by atoms with Gasteiger partial charge in [-0.05, 0) is 18.4 Å². The lowest BCUT2D eigenvalue weighted by Gasteiger charge is -2.24. The number of hydrogen-bond acceptors (Lipinski definition) is 4. The molecule has 1 aliphatic rings. The Kier molecular flexibility index (Phi) is 4.93. The van der Waals surface area contributed by atoms with Crippen LogP contribution in [0.1, 0.15) is 18.4 Å². The van der Waals surface area contributed by atoms with Crippen molar-refractivity contribution in [3.05, 3.63) is 35.9 Å². The molecule has 1 aliphatic heterocycles. The summed E-state index contributed by atoms with van der Waals surface area (Å²) in [7, 11) is 0. The molecule has 3 atom stereocenters. The van der Waals surface area contributed by atoms with E-state index in [2.05, 4.69) is 0 Å². The Morgan fingerprint density at radius 3 is 2.62 bits per heavy atom. The van der Waals surface area contributed by atoms with Gasteiger partial charge in [0.15, 0.2) is 0 Å². The van der Waals surface area contributed by atoms with Crippen LogP contribution in [0.5, 0.6) is 0 Å². The second-order valence-electron chi connectivity index (χ2n) is 5.36. The third-order valence-electron chi connectivity index (χ3n) is 3.75. The Bertz CT molecular complexity index is 506. The average molecular weight is 292 g/mol. The van der Waals surface area contributed by atoms with Crippen LogP contribution in [-0.4, -0.2) is 51.7 Å². The third-order valence-corrected chi connectivity index (χ3v) is 3.75. The van der Waals surface area contributed by atoms with Gasteiger partial charge in [0.05, 0.1) is 12.1 Å². The molecule has 0 bridgehead atoms. The summed E-state index contributed by atoms with van der Waals surface area (Å²) >= 11 is 0. The second-order valence-corrected chi connectivity index (χ2v) is 5.36. The lowest BCUT2D eigenvalue weighted by atomic mass is 10.0. The maximum Gasteiger partial charge on any atom is 0.326 e. The first-order valence-corrected chi connectivity index (χ1v) is 7.00. The Labute approximate surface area is 123 Å². The fourth-order valence-corrected chi connectivity index (χ4v) is 2.59. The molecule has 1 saturated heterocycles. The van der Waals surface area contributed by atoms with E-state index in [0.717, 1.165) is 5.56 Å². The van der Waals surface area contributed by atoms with Crippen LogP contribution in [0.2, 0.25) is 0 Å². The number of rotatable bonds is 5. The topological polar surface area (TPSA) is 104 Å². The molecule has 1 fully saturated rings. The zero-order valence-corrected chi connectivity index (χ0v) is 11.7. The molecule has 6 heteroatoms. The van der Waals surface area contributed by atoms with E-state index in [9.17, 15) is 14.7 Å². The maximum absolute atomic E-state index is 12.3. The number of aryl methyl sites for hydroxylation is 1. The van der Waals surface area contributed by atoms with Crippen LogP contribution >= 0.6 is 0 Å². The highest BCUT2D eigenvalue weighted by molar-refractivity contribution is 5.87. The fourth-order valence-electron chi connectivity index (χ4n) is 2.59. The van der Waals surface area contributed by atoms with Crippen LogP contribution in [0.4, 0.5) is 0 Å². The quantitative estimate of drug-likeness (QED) is 0.708. The lowest BCUT2D eigenvalue weighted by Crippen LogP contribution is -2.48. The van der Waals surface area contributed by atoms with Gasteiger partial charge in [-0.15, -0.1) is 0 Å². The number of likely N-dealkylation sites (tertiary alicyclic amines) is 1. The summed E-state index contributed by atoms with van der Waals surface area (Å²) in [6, 6.07) is 7.93. The van der Waals surface area contributed by atoms with E-state index in [0.29, 0.717) is 12.8 Å². The van der Waals surface area contributed by atoms with Crippen molar-refractivity contribution >= 4 is 11.9 Å². The van der Waals surface area contributed by atoms with Crippen LogP contribution in [0.15, 0.2) is 30.3 Å². The Balaban J connectivity index is 1.94. The molecule has 1 aromatic rings. The van der Waals surface area contributed by atoms with E-state index in [1.165, 1.54) is 4.90 Å². The Morgan fingerprint density at radius 1 is 1.33 bits per heavy atom. The van der Waals surface area contributed by atoms with Crippen molar-refractivity contribution in [2.75, 3.05) is 6.54 Å². The first kappa shape index (κ1) is 15.5. The zero-order valence-electron chi connectivity index (χ0n) is 11.7. The van der Waals surface area contributed by atoms with Gasteiger partial charge in [-0.3, -0.25) is 4.79 Å². The van der Waals surface area contributed by atoms with Gasteiger partial charge < -0.3 is 20.8 Å². The predicted octanol–water partition coefficient (Wildman–Crippen LogP) is -0.00710. The number of nitrogens with two attached hydrogens (primary N) is 1. The molecule has 6 nitrogen and oxygen atoms in total. The van der Waals surface area contributed by atoms with Gasteiger partial charge in [0.2, 0.25) is 5.91 Å². The van der Waals surface area contributed by atoms with Crippen LogP contribution in [0, 0.1) is 0 Å². The molecular formula is C15H20N2O4. The molecule has 0 saturated carbocycles. The summed E-state index contributed by atoms with van der Waals surface area (Å²) in [6.07, 6.45) is 0.368. The van der Waals surface area contributed by atoms with Gasteiger partial charge in [-0.25, -0.2) is 4.79 Å². The number of β-amino-alcohol motifs (C(OH)–C–C–N with tert-alkyl or cyclic N) is 1. The number of amides is 1. The smallest absolute Gasteiger partial charge is 0.326 e. The van der Waals surface area contributed by atoms with E-state index >= 15 is 0 Å². The molecule has 0 unspecified atom stereocenters. The number of carboxylic acid groups (broad SMARTS) is 1. The van der Waals surface area contributed by atoms with Gasteiger partial charge in [-0.1, -0.05) is 30.3 Å². The van der Waals surface area contributed by atoms with Gasteiger partial charge >= 0.3 is 5.97 Å². The van der Waals surface area contributed by atoms with Crippen LogP contribution in [-0.2, 0) is 16.0 Å². The first-order valence-electron chi connectivity index (χ1n) is 7.00. The molecule has 0 aliphatic carbocycles. The van der Waals surface area contributed by atoms with Gasteiger partial charge in [0.1, 0.15) is 6.04 Å². The summed E-state index contributed by atoms with van der Waals surface area (Å²) in [6.45, 7) is 0.0365. The molecule has 4 N–H and O–H groups in total. The van der Waals surface area contributed by atoms with Gasteiger partial charge in [0.25, 0.3) is 0 Å². The lowest BCUT2D eigenvalue weighted by molar-refractivity contribution is -0.148. The fraction of sp³-hybridized carbons (Fsp3) is 0.467. The molecule has 1 aromatic carbocycles. The molecular weight excluding hydrogens is 272 g/mol. The summed E-state index contributed by atoms with van der Waals surface area (Å²) in [4.78, 5) is 24.6. The van der Waals surface area contributed by atoms with E-state index < -0.39 is 30.1 Å². The predicted molar refractivity (Wildman–Crippen MR) is 76.5 cm³/mol. The van der Waals surface area contributed by atoms with Crippen molar-refractivity contribution in [1.82, 2.24) is 4.90 Å². The van der Waals surface area contributed by atoms with E-state index in [4.69, 9.17) is 10.8 Å². The van der Waals surface area contributed by atoms with Crippen molar-refractivity contribution in [3.63, 3.8) is 0 Å². The maximum atomic E-state index is 12.3. The van der Waals surface area contributed by atoms with Crippen molar-refractivity contribution in [3.8, 4) is 0 Å². The van der Waals surface area contributed by atoms with Crippen molar-refractivity contribution in [2.24, 2.45) is 5.73 Å². The minimum atomic E-state index is -1.10. The second kappa shape index (κ2) is 6.69. The monoisotopic (exact) mass is 292 g/mol. The summed E-state index contributed by atoms with van der Waals surface area (Å²) in [5.41, 5.74) is 6.97. The molecule has 1 heterocycles. The van der Waals surface area contributed by atoms with Gasteiger partial charge in [0, 0.05) is 13.0 Å². The standard InChI is InChI=1S/C15H20N2O4/c16-12(7-6-10-4-2-1-3-5-10)14(19)17-9-11(18)8-13(17)15(20)21/h1-5,11-13,18H,6-9,16H2,(H,20,21)/t11-,12-,13-/m0/s1. The third kappa shape index (κ3) is 3.80. The summed E-state index contributed by atoms with van der Waals surface area (Å²) in [5, 5.41) is 18.7. The molecule has 0 radical (unpaired) electrons. The number of carboxylic acids is 1. The van der Waals surface area contributed by atoms with Crippen molar-refractivity contribution in [2.45, 2.75) is 37.5 Å². The minimum Gasteiger partial charge on any atom is -0.480 e. The summed E-state index contributed by atoms with van der Waals surface area (Å²) < 4.78 is 0. The van der Waals surface area contributed by atoms with E-state index in [1.807, 2.05) is 30.3 Å². The highest BCUT2D eigenvalue weighted by Gasteiger charge is 2.40. The molecule has 114 valence electrons. The number of aliphatic hydroxyl groups is 1. The molecule has 1 amide bonds. The van der Waals surface area contributed by atoms with E-state index in [-0.39, 0.29) is 13.0 Å². The minimum absolute atomic E-state index is 0.0365. The molecule has 0 aromatic heterocycles. The number of carbonyl (C=O) groups is 2. The molecule has 0 spiro atoms. The zero-order chi connectivity index (χ0) is 15.4. The normalized spacial score (nSPS) is 23.0. The number of carbonyl (C=O) groups excluding carboxylic acids is 1. The van der Waals surface area contributed by atoms with E-state index in [1.54, 1.807) is 0 Å². The number of hydrogen-bond donors (Lipinski definition) is 3. The van der Waals surface area contributed by atoms with Crippen LogP contribution in [0.25, 0.3) is 0 Å². The SMILES string of the molecule is N[C@@H](CCc1ccccc1)C(=O)N1C[C@@H](O)C[C@H]1C(=O)O. The number of aliphatic hydroxyl groups excluding tert-OH is 1.